The van der Waals surface area contributed by atoms with Crippen molar-refractivity contribution in [3.63, 3.8) is 0 Å². The number of hydrogen-bond acceptors (Lipinski definition) is 4. The lowest BCUT2D eigenvalue weighted by atomic mass is 10.1. The first-order valence-corrected chi connectivity index (χ1v) is 6.62. The lowest BCUT2D eigenvalue weighted by Crippen LogP contribution is -2.43. The third-order valence-electron chi connectivity index (χ3n) is 2.78. The van der Waals surface area contributed by atoms with Crippen molar-refractivity contribution in [1.29, 1.82) is 0 Å². The predicted octanol–water partition coefficient (Wildman–Crippen LogP) is 0.926. The molecule has 1 fully saturated rings. The third kappa shape index (κ3) is 3.69. The molecule has 1 unspecified atom stereocenters. The molecule has 0 bridgehead atoms. The Balaban J connectivity index is 2.64. The summed E-state index contributed by atoms with van der Waals surface area (Å²) in [5, 5.41) is 8.83. The molecule has 0 radical (unpaired) electrons. The van der Waals surface area contributed by atoms with Crippen LogP contribution < -0.4 is 0 Å². The molecule has 0 saturated carbocycles. The summed E-state index contributed by atoms with van der Waals surface area (Å²) in [5.41, 5.74) is 0. The molecule has 0 aromatic rings. The Hall–Kier alpha value is -1.11. The second-order valence-electron chi connectivity index (χ2n) is 4.38. The van der Waals surface area contributed by atoms with Gasteiger partial charge in [0.15, 0.2) is 5.12 Å². The van der Waals surface area contributed by atoms with Gasteiger partial charge in [0.1, 0.15) is 12.2 Å². The number of carbonyl (C=O) groups is 3. The van der Waals surface area contributed by atoms with Gasteiger partial charge in [0, 0.05) is 25.0 Å². The van der Waals surface area contributed by atoms with Gasteiger partial charge < -0.3 is 10.0 Å². The molecule has 102 valence electrons. The number of carbonyl (C=O) groups excluding carboxylic acids is 2. The van der Waals surface area contributed by atoms with Crippen LogP contribution in [0.4, 0.5) is 4.39 Å². The van der Waals surface area contributed by atoms with Crippen LogP contribution >= 0.6 is 11.8 Å². The zero-order valence-electron chi connectivity index (χ0n) is 10.3. The number of nitrogens with zero attached hydrogens (tertiary/aromatic N) is 1. The summed E-state index contributed by atoms with van der Waals surface area (Å²) in [4.78, 5) is 34.8. The molecule has 0 spiro atoms. The van der Waals surface area contributed by atoms with Crippen molar-refractivity contribution in [3.05, 3.63) is 0 Å². The molecule has 18 heavy (non-hydrogen) atoms. The van der Waals surface area contributed by atoms with E-state index >= 15 is 0 Å². The van der Waals surface area contributed by atoms with Gasteiger partial charge >= 0.3 is 5.97 Å². The van der Waals surface area contributed by atoms with Gasteiger partial charge in [-0.1, -0.05) is 18.7 Å². The van der Waals surface area contributed by atoms with E-state index in [0.717, 1.165) is 16.7 Å². The number of amides is 1. The first-order valence-electron chi connectivity index (χ1n) is 5.63. The van der Waals surface area contributed by atoms with E-state index in [9.17, 15) is 18.8 Å². The number of hydrogen-bond donors (Lipinski definition) is 1. The molecular formula is C11H16FNO4S. The number of likely N-dealkylation sites (tertiary alicyclic amines) is 1. The Kier molecular flexibility index (Phi) is 5.13. The highest BCUT2D eigenvalue weighted by Gasteiger charge is 2.40. The monoisotopic (exact) mass is 277 g/mol. The van der Waals surface area contributed by atoms with Crippen molar-refractivity contribution in [2.75, 3.05) is 12.3 Å². The molecule has 5 nitrogen and oxygen atoms in total. The van der Waals surface area contributed by atoms with E-state index in [1.165, 1.54) is 6.92 Å². The Labute approximate surface area is 109 Å². The van der Waals surface area contributed by atoms with E-state index in [-0.39, 0.29) is 23.8 Å². The van der Waals surface area contributed by atoms with Crippen LogP contribution in [0, 0.1) is 5.92 Å². The minimum Gasteiger partial charge on any atom is -0.480 e. The van der Waals surface area contributed by atoms with Gasteiger partial charge in [-0.15, -0.1) is 0 Å². The van der Waals surface area contributed by atoms with Crippen LogP contribution in [0.1, 0.15) is 20.3 Å². The summed E-state index contributed by atoms with van der Waals surface area (Å²) >= 11 is 1.01. The van der Waals surface area contributed by atoms with Crippen LogP contribution in [-0.2, 0) is 14.4 Å². The van der Waals surface area contributed by atoms with E-state index in [2.05, 4.69) is 0 Å². The van der Waals surface area contributed by atoms with Crippen molar-refractivity contribution >= 4 is 28.8 Å². The highest BCUT2D eigenvalue weighted by molar-refractivity contribution is 8.13. The van der Waals surface area contributed by atoms with Gasteiger partial charge in [0.25, 0.3) is 0 Å². The van der Waals surface area contributed by atoms with E-state index in [0.29, 0.717) is 0 Å². The van der Waals surface area contributed by atoms with Crippen molar-refractivity contribution in [2.45, 2.75) is 32.5 Å². The van der Waals surface area contributed by atoms with Gasteiger partial charge in [-0.3, -0.25) is 9.59 Å². The average Bonchev–Trinajstić information content (AvgIpc) is 2.67. The second kappa shape index (κ2) is 6.17. The van der Waals surface area contributed by atoms with Crippen LogP contribution in [-0.4, -0.2) is 51.5 Å². The molecule has 1 heterocycles. The van der Waals surface area contributed by atoms with E-state index in [1.54, 1.807) is 6.92 Å². The minimum absolute atomic E-state index is 0.103. The Morgan fingerprint density at radius 3 is 2.61 bits per heavy atom. The summed E-state index contributed by atoms with van der Waals surface area (Å²) in [7, 11) is 0. The lowest BCUT2D eigenvalue weighted by Gasteiger charge is -2.24. The van der Waals surface area contributed by atoms with Crippen LogP contribution in [0.5, 0.6) is 0 Å². The van der Waals surface area contributed by atoms with Crippen LogP contribution in [0.15, 0.2) is 0 Å². The van der Waals surface area contributed by atoms with Gasteiger partial charge in [-0.25, -0.2) is 9.18 Å². The van der Waals surface area contributed by atoms with Crippen molar-refractivity contribution in [3.8, 4) is 0 Å². The highest BCUT2D eigenvalue weighted by atomic mass is 32.2. The van der Waals surface area contributed by atoms with Gasteiger partial charge in [0.2, 0.25) is 5.91 Å². The molecule has 0 aromatic heterocycles. The van der Waals surface area contributed by atoms with E-state index in [4.69, 9.17) is 5.11 Å². The Morgan fingerprint density at radius 2 is 2.11 bits per heavy atom. The minimum atomic E-state index is -1.29. The van der Waals surface area contributed by atoms with Crippen LogP contribution in [0.2, 0.25) is 0 Å². The molecule has 0 aliphatic carbocycles. The summed E-state index contributed by atoms with van der Waals surface area (Å²) in [5.74, 6) is -1.80. The number of alkyl halides is 1. The molecule has 1 rings (SSSR count). The molecule has 1 amide bonds. The lowest BCUT2D eigenvalue weighted by molar-refractivity contribution is -0.149. The number of aliphatic carboxylic acids is 1. The fraction of sp³-hybridized carbons (Fsp3) is 0.727. The topological polar surface area (TPSA) is 74.7 Å². The molecule has 0 aromatic carbocycles. The molecule has 3 atom stereocenters. The van der Waals surface area contributed by atoms with Crippen molar-refractivity contribution < 1.29 is 23.9 Å². The Morgan fingerprint density at radius 1 is 1.50 bits per heavy atom. The van der Waals surface area contributed by atoms with Crippen molar-refractivity contribution in [2.24, 2.45) is 5.92 Å². The van der Waals surface area contributed by atoms with Gasteiger partial charge in [-0.05, 0) is 0 Å². The molecule has 1 saturated heterocycles. The number of halogens is 1. The normalized spacial score (nSPS) is 24.9. The highest BCUT2D eigenvalue weighted by Crippen LogP contribution is 2.23. The van der Waals surface area contributed by atoms with Gasteiger partial charge in [-0.2, -0.15) is 0 Å². The first kappa shape index (κ1) is 14.9. The zero-order chi connectivity index (χ0) is 13.9. The summed E-state index contributed by atoms with van der Waals surface area (Å²) in [6, 6.07) is -1.09. The van der Waals surface area contributed by atoms with E-state index in [1.807, 2.05) is 0 Å². The Bertz CT molecular complexity index is 363. The number of carboxylic acids is 1. The van der Waals surface area contributed by atoms with Crippen molar-refractivity contribution in [1.82, 2.24) is 4.90 Å². The standard InChI is InChI=1S/C11H16FNO4S/c1-6(5-18-7(2)14)10(15)13-4-8(12)3-9(13)11(16)17/h6,8-9H,3-5H2,1-2H3,(H,16,17)/t6?,8-,9+/m1/s1. The third-order valence-corrected chi connectivity index (χ3v) is 3.85. The molecular weight excluding hydrogens is 261 g/mol. The SMILES string of the molecule is CC(=O)SCC(C)C(=O)N1C[C@H](F)C[C@H]1C(=O)O. The summed E-state index contributed by atoms with van der Waals surface area (Å²) in [6.45, 7) is 2.84. The molecule has 7 heteroatoms. The van der Waals surface area contributed by atoms with Gasteiger partial charge in [0.05, 0.1) is 6.54 Å². The number of rotatable bonds is 4. The van der Waals surface area contributed by atoms with E-state index < -0.39 is 30.0 Å². The fourth-order valence-electron chi connectivity index (χ4n) is 1.86. The van der Waals surface area contributed by atoms with Crippen LogP contribution in [0.25, 0.3) is 0 Å². The maximum absolute atomic E-state index is 13.2. The maximum Gasteiger partial charge on any atom is 0.326 e. The number of carboxylic acid groups (broad SMARTS) is 1. The second-order valence-corrected chi connectivity index (χ2v) is 5.58. The molecule has 1 aliphatic heterocycles. The molecule has 1 aliphatic rings. The summed E-state index contributed by atoms with van der Waals surface area (Å²) in [6.07, 6.45) is -1.45. The summed E-state index contributed by atoms with van der Waals surface area (Å²) < 4.78 is 13.2. The predicted molar refractivity (Wildman–Crippen MR) is 65.0 cm³/mol. The van der Waals surface area contributed by atoms with Crippen LogP contribution in [0.3, 0.4) is 0 Å². The number of thioether (sulfide) groups is 1. The zero-order valence-corrected chi connectivity index (χ0v) is 11.1. The molecule has 1 N–H and O–H groups in total. The average molecular weight is 277 g/mol. The smallest absolute Gasteiger partial charge is 0.326 e. The fourth-order valence-corrected chi connectivity index (χ4v) is 2.49. The quantitative estimate of drug-likeness (QED) is 0.827. The largest absolute Gasteiger partial charge is 0.480 e. The maximum atomic E-state index is 13.2. The first-order chi connectivity index (χ1) is 8.32.